The van der Waals surface area contributed by atoms with Gasteiger partial charge in [-0.3, -0.25) is 9.00 Å². The van der Waals surface area contributed by atoms with Crippen LogP contribution in [-0.4, -0.2) is 38.9 Å². The molecule has 4 nitrogen and oxygen atoms in total. The molecule has 88 valence electrons. The van der Waals surface area contributed by atoms with E-state index in [-0.39, 0.29) is 12.0 Å². The minimum atomic E-state index is -0.769. The van der Waals surface area contributed by atoms with Gasteiger partial charge in [-0.05, 0) is 19.8 Å². The lowest BCUT2D eigenvalue weighted by Gasteiger charge is -2.28. The van der Waals surface area contributed by atoms with Gasteiger partial charge >= 0.3 is 5.97 Å². The van der Waals surface area contributed by atoms with Gasteiger partial charge in [0.25, 0.3) is 0 Å². The van der Waals surface area contributed by atoms with E-state index in [4.69, 9.17) is 5.11 Å². The van der Waals surface area contributed by atoms with Crippen LogP contribution in [0.2, 0.25) is 0 Å². The van der Waals surface area contributed by atoms with Crippen LogP contribution in [0.3, 0.4) is 0 Å². The minimum absolute atomic E-state index is 0.0287. The lowest BCUT2D eigenvalue weighted by atomic mass is 10.0. The molecule has 1 aliphatic heterocycles. The van der Waals surface area contributed by atoms with E-state index >= 15 is 0 Å². The topological polar surface area (TPSA) is 66.4 Å². The van der Waals surface area contributed by atoms with Crippen molar-refractivity contribution in [3.05, 3.63) is 0 Å². The summed E-state index contributed by atoms with van der Waals surface area (Å²) in [5.74, 6) is 0.337. The summed E-state index contributed by atoms with van der Waals surface area (Å²) >= 11 is 0. The van der Waals surface area contributed by atoms with E-state index in [0.29, 0.717) is 6.04 Å². The zero-order valence-corrected chi connectivity index (χ0v) is 10.0. The summed E-state index contributed by atoms with van der Waals surface area (Å²) < 4.78 is 11.1. The van der Waals surface area contributed by atoms with Crippen LogP contribution < -0.4 is 5.32 Å². The van der Waals surface area contributed by atoms with Crippen molar-refractivity contribution in [2.24, 2.45) is 5.92 Å². The number of aliphatic carboxylic acids is 1. The van der Waals surface area contributed by atoms with Gasteiger partial charge in [0.15, 0.2) is 0 Å². The Kier molecular flexibility index (Phi) is 4.73. The fourth-order valence-corrected chi connectivity index (χ4v) is 2.99. The summed E-state index contributed by atoms with van der Waals surface area (Å²) in [5.41, 5.74) is 0. The number of hydrogen-bond acceptors (Lipinski definition) is 3. The molecule has 1 saturated heterocycles. The maximum Gasteiger partial charge on any atom is 0.307 e. The van der Waals surface area contributed by atoms with Crippen molar-refractivity contribution < 1.29 is 14.1 Å². The fraction of sp³-hybridized carbons (Fsp3) is 0.900. The molecule has 2 N–H and O–H groups in total. The van der Waals surface area contributed by atoms with E-state index in [9.17, 15) is 9.00 Å². The molecule has 1 rings (SSSR count). The molecular weight excluding hydrogens is 214 g/mol. The molecule has 0 aromatic rings. The normalized spacial score (nSPS) is 30.8. The van der Waals surface area contributed by atoms with Gasteiger partial charge < -0.3 is 10.4 Å². The SMILES string of the molecule is CC(NC1CCS(=O)CC1)C(C)C(=O)O. The van der Waals surface area contributed by atoms with Crippen LogP contribution in [0.4, 0.5) is 0 Å². The minimum Gasteiger partial charge on any atom is -0.481 e. The largest absolute Gasteiger partial charge is 0.481 e. The number of carboxylic acids is 1. The second kappa shape index (κ2) is 5.61. The molecule has 0 saturated carbocycles. The molecule has 1 heterocycles. The Balaban J connectivity index is 2.35. The van der Waals surface area contributed by atoms with E-state index in [0.717, 1.165) is 24.3 Å². The Labute approximate surface area is 92.9 Å². The van der Waals surface area contributed by atoms with Crippen LogP contribution >= 0.6 is 0 Å². The molecule has 2 atom stereocenters. The molecule has 1 fully saturated rings. The lowest BCUT2D eigenvalue weighted by molar-refractivity contribution is -0.142. The molecule has 0 radical (unpaired) electrons. The fourth-order valence-electron chi connectivity index (χ4n) is 1.69. The second-order valence-electron chi connectivity index (χ2n) is 4.20. The van der Waals surface area contributed by atoms with Gasteiger partial charge in [-0.1, -0.05) is 6.92 Å². The maximum absolute atomic E-state index is 11.1. The quantitative estimate of drug-likeness (QED) is 0.746. The predicted molar refractivity (Wildman–Crippen MR) is 60.3 cm³/mol. The Hall–Kier alpha value is -0.420. The molecule has 2 unspecified atom stereocenters. The standard InChI is InChI=1S/C10H19NO3S/c1-7(10(12)13)8(2)11-9-3-5-15(14)6-4-9/h7-9,11H,3-6H2,1-2H3,(H,12,13). The maximum atomic E-state index is 11.1. The van der Waals surface area contributed by atoms with Gasteiger partial charge in [0.1, 0.15) is 0 Å². The first-order valence-electron chi connectivity index (χ1n) is 5.34. The number of carbonyl (C=O) groups is 1. The van der Waals surface area contributed by atoms with Gasteiger partial charge in [-0.25, -0.2) is 0 Å². The summed E-state index contributed by atoms with van der Waals surface area (Å²) in [6.07, 6.45) is 1.78. The monoisotopic (exact) mass is 233 g/mol. The van der Waals surface area contributed by atoms with Crippen LogP contribution in [-0.2, 0) is 15.6 Å². The summed E-state index contributed by atoms with van der Waals surface area (Å²) in [5, 5.41) is 12.1. The Morgan fingerprint density at radius 2 is 1.93 bits per heavy atom. The third-order valence-corrected chi connectivity index (χ3v) is 4.41. The highest BCUT2D eigenvalue weighted by Crippen LogP contribution is 2.12. The first kappa shape index (κ1) is 12.6. The molecule has 0 aliphatic carbocycles. The van der Waals surface area contributed by atoms with E-state index in [1.807, 2.05) is 6.92 Å². The summed E-state index contributed by atoms with van der Waals surface area (Å²) in [4.78, 5) is 10.7. The predicted octanol–water partition coefficient (Wildman–Crippen LogP) is 0.596. The summed E-state index contributed by atoms with van der Waals surface area (Å²) in [6.45, 7) is 3.60. The van der Waals surface area contributed by atoms with Crippen molar-refractivity contribution in [3.63, 3.8) is 0 Å². The van der Waals surface area contributed by atoms with Crippen molar-refractivity contribution in [2.75, 3.05) is 11.5 Å². The van der Waals surface area contributed by atoms with E-state index < -0.39 is 16.8 Å². The molecule has 0 amide bonds. The van der Waals surface area contributed by atoms with Gasteiger partial charge in [0, 0.05) is 34.4 Å². The zero-order chi connectivity index (χ0) is 11.4. The van der Waals surface area contributed by atoms with Gasteiger partial charge in [0.05, 0.1) is 5.92 Å². The molecule has 1 aliphatic rings. The Morgan fingerprint density at radius 1 is 1.40 bits per heavy atom. The molecule has 15 heavy (non-hydrogen) atoms. The molecule has 0 spiro atoms. The van der Waals surface area contributed by atoms with Crippen LogP contribution in [0.5, 0.6) is 0 Å². The van der Waals surface area contributed by atoms with Crippen LogP contribution in [0.1, 0.15) is 26.7 Å². The zero-order valence-electron chi connectivity index (χ0n) is 9.23. The number of hydrogen-bond donors (Lipinski definition) is 2. The van der Waals surface area contributed by atoms with Crippen molar-refractivity contribution >= 4 is 16.8 Å². The number of nitrogens with one attached hydrogen (secondary N) is 1. The number of rotatable bonds is 4. The molecule has 0 aromatic heterocycles. The smallest absolute Gasteiger partial charge is 0.307 e. The van der Waals surface area contributed by atoms with Crippen LogP contribution in [0, 0.1) is 5.92 Å². The van der Waals surface area contributed by atoms with Crippen molar-refractivity contribution in [2.45, 2.75) is 38.8 Å². The molecule has 0 aromatic carbocycles. The van der Waals surface area contributed by atoms with Gasteiger partial charge in [-0.15, -0.1) is 0 Å². The van der Waals surface area contributed by atoms with Crippen molar-refractivity contribution in [1.82, 2.24) is 5.32 Å². The van der Waals surface area contributed by atoms with Crippen LogP contribution in [0.15, 0.2) is 0 Å². The van der Waals surface area contributed by atoms with Crippen molar-refractivity contribution in [1.29, 1.82) is 0 Å². The third-order valence-electron chi connectivity index (χ3n) is 3.03. The van der Waals surface area contributed by atoms with Crippen LogP contribution in [0.25, 0.3) is 0 Å². The summed E-state index contributed by atoms with van der Waals surface area (Å²) in [6, 6.07) is 0.304. The highest BCUT2D eigenvalue weighted by molar-refractivity contribution is 7.85. The highest BCUT2D eigenvalue weighted by Gasteiger charge is 2.24. The average Bonchev–Trinajstić information content (AvgIpc) is 2.20. The second-order valence-corrected chi connectivity index (χ2v) is 5.90. The van der Waals surface area contributed by atoms with E-state index in [1.54, 1.807) is 6.92 Å². The average molecular weight is 233 g/mol. The highest BCUT2D eigenvalue weighted by atomic mass is 32.2. The molecular formula is C10H19NO3S. The van der Waals surface area contributed by atoms with E-state index in [2.05, 4.69) is 5.32 Å². The van der Waals surface area contributed by atoms with Crippen molar-refractivity contribution in [3.8, 4) is 0 Å². The lowest BCUT2D eigenvalue weighted by Crippen LogP contribution is -2.45. The Morgan fingerprint density at radius 3 is 2.40 bits per heavy atom. The summed E-state index contributed by atoms with van der Waals surface area (Å²) in [7, 11) is -0.652. The van der Waals surface area contributed by atoms with E-state index in [1.165, 1.54) is 0 Å². The first-order chi connectivity index (χ1) is 7.00. The Bertz CT molecular complexity index is 247. The van der Waals surface area contributed by atoms with Gasteiger partial charge in [0.2, 0.25) is 0 Å². The molecule has 5 heteroatoms. The van der Waals surface area contributed by atoms with Gasteiger partial charge in [-0.2, -0.15) is 0 Å². The molecule has 0 bridgehead atoms. The third kappa shape index (κ3) is 3.91. The first-order valence-corrected chi connectivity index (χ1v) is 6.83. The number of carboxylic acid groups (broad SMARTS) is 1.